The van der Waals surface area contributed by atoms with Crippen LogP contribution in [0.5, 0.6) is 11.5 Å². The Morgan fingerprint density at radius 2 is 1.69 bits per heavy atom. The number of phenols is 2. The zero-order chi connectivity index (χ0) is 12.3. The van der Waals surface area contributed by atoms with E-state index >= 15 is 0 Å². The summed E-state index contributed by atoms with van der Waals surface area (Å²) in [5, 5.41) is 18.6. The molecule has 90 valence electrons. The first-order valence-electron chi connectivity index (χ1n) is 4.91. The molecule has 0 spiro atoms. The minimum atomic E-state index is -2.40. The molecule has 2 N–H and O–H groups in total. The molecule has 5 heteroatoms. The molecule has 1 aromatic carbocycles. The highest BCUT2D eigenvalue weighted by Gasteiger charge is 2.16. The molecule has 1 aromatic rings. The van der Waals surface area contributed by atoms with Gasteiger partial charge in [-0.2, -0.15) is 0 Å². The molecule has 0 bridgehead atoms. The van der Waals surface area contributed by atoms with Gasteiger partial charge in [0.25, 0.3) is 6.43 Å². The van der Waals surface area contributed by atoms with Crippen LogP contribution < -0.4 is 0 Å². The largest absolute Gasteiger partial charge is 0.508 e. The third kappa shape index (κ3) is 3.34. The number of alkyl halides is 2. The molecule has 0 heterocycles. The van der Waals surface area contributed by atoms with Gasteiger partial charge in [-0.15, -0.1) is 0 Å². The Kier molecular flexibility index (Phi) is 4.06. The molecular weight excluding hydrogens is 216 g/mol. The molecule has 1 rings (SSSR count). The first-order chi connectivity index (χ1) is 7.40. The number of hydrogen-bond acceptors (Lipinski definition) is 3. The molecule has 1 unspecified atom stereocenters. The van der Waals surface area contributed by atoms with Gasteiger partial charge in [0.15, 0.2) is 0 Å². The van der Waals surface area contributed by atoms with E-state index in [1.165, 1.54) is 23.1 Å². The minimum absolute atomic E-state index is 0.0766. The van der Waals surface area contributed by atoms with Crippen molar-refractivity contribution in [2.75, 3.05) is 13.6 Å². The molecule has 3 nitrogen and oxygen atoms in total. The fourth-order valence-electron chi connectivity index (χ4n) is 1.49. The maximum atomic E-state index is 12.2. The predicted octanol–water partition coefficient (Wildman–Crippen LogP) is 2.36. The third-order valence-electron chi connectivity index (χ3n) is 2.49. The lowest BCUT2D eigenvalue weighted by Crippen LogP contribution is -2.27. The summed E-state index contributed by atoms with van der Waals surface area (Å²) in [6, 6.07) is 3.80. The molecule has 0 aliphatic heterocycles. The highest BCUT2D eigenvalue weighted by atomic mass is 19.3. The summed E-state index contributed by atoms with van der Waals surface area (Å²) in [5.41, 5.74) is 0.598. The second-order valence-corrected chi connectivity index (χ2v) is 3.79. The van der Waals surface area contributed by atoms with Crippen LogP contribution in [0.4, 0.5) is 8.78 Å². The molecule has 0 aromatic heterocycles. The van der Waals surface area contributed by atoms with E-state index in [-0.39, 0.29) is 24.1 Å². The molecule has 0 amide bonds. The van der Waals surface area contributed by atoms with E-state index in [2.05, 4.69) is 0 Å². The lowest BCUT2D eigenvalue weighted by molar-refractivity contribution is 0.0842. The number of benzene rings is 1. The highest BCUT2D eigenvalue weighted by Crippen LogP contribution is 2.27. The van der Waals surface area contributed by atoms with Gasteiger partial charge < -0.3 is 10.2 Å². The van der Waals surface area contributed by atoms with Crippen LogP contribution in [0.15, 0.2) is 18.2 Å². The van der Waals surface area contributed by atoms with E-state index in [4.69, 9.17) is 0 Å². The first-order valence-corrected chi connectivity index (χ1v) is 4.91. The van der Waals surface area contributed by atoms with Gasteiger partial charge in [-0.25, -0.2) is 8.78 Å². The normalized spacial score (nSPS) is 13.4. The quantitative estimate of drug-likeness (QED) is 0.836. The van der Waals surface area contributed by atoms with Crippen LogP contribution in [0.1, 0.15) is 18.5 Å². The number of aromatic hydroxyl groups is 2. The summed E-state index contributed by atoms with van der Waals surface area (Å²) in [7, 11) is 1.57. The number of hydrogen-bond donors (Lipinski definition) is 2. The van der Waals surface area contributed by atoms with Crippen LogP contribution in [0.2, 0.25) is 0 Å². The van der Waals surface area contributed by atoms with Gasteiger partial charge in [0, 0.05) is 12.1 Å². The molecule has 0 aliphatic rings. The van der Waals surface area contributed by atoms with Crippen LogP contribution in [-0.2, 0) is 0 Å². The summed E-state index contributed by atoms with van der Waals surface area (Å²) in [6.07, 6.45) is -2.40. The second kappa shape index (κ2) is 5.12. The molecule has 0 saturated heterocycles. The summed E-state index contributed by atoms with van der Waals surface area (Å²) in [5.74, 6) is -0.153. The molecule has 1 atom stereocenters. The number of phenolic OH excluding ortho intramolecular Hbond substituents is 2. The van der Waals surface area contributed by atoms with Gasteiger partial charge in [0.1, 0.15) is 11.5 Å². The number of nitrogens with zero attached hydrogens (tertiary/aromatic N) is 1. The molecule has 0 fully saturated rings. The van der Waals surface area contributed by atoms with E-state index in [0.29, 0.717) is 5.56 Å². The maximum Gasteiger partial charge on any atom is 0.251 e. The Morgan fingerprint density at radius 3 is 2.12 bits per heavy atom. The number of halogens is 2. The Bertz CT molecular complexity index is 338. The molecular formula is C11H15F2NO2. The van der Waals surface area contributed by atoms with Gasteiger partial charge in [-0.05, 0) is 31.7 Å². The van der Waals surface area contributed by atoms with Crippen molar-refractivity contribution < 1.29 is 19.0 Å². The van der Waals surface area contributed by atoms with Crippen LogP contribution >= 0.6 is 0 Å². The van der Waals surface area contributed by atoms with Crippen molar-refractivity contribution in [3.05, 3.63) is 23.8 Å². The van der Waals surface area contributed by atoms with Crippen molar-refractivity contribution in [3.63, 3.8) is 0 Å². The van der Waals surface area contributed by atoms with Gasteiger partial charge >= 0.3 is 0 Å². The van der Waals surface area contributed by atoms with Crippen molar-refractivity contribution >= 4 is 0 Å². The molecule has 16 heavy (non-hydrogen) atoms. The van der Waals surface area contributed by atoms with E-state index in [1.807, 2.05) is 0 Å². The zero-order valence-corrected chi connectivity index (χ0v) is 9.19. The average molecular weight is 231 g/mol. The summed E-state index contributed by atoms with van der Waals surface area (Å²) < 4.78 is 24.4. The van der Waals surface area contributed by atoms with Crippen molar-refractivity contribution in [2.24, 2.45) is 0 Å². The third-order valence-corrected chi connectivity index (χ3v) is 2.49. The van der Waals surface area contributed by atoms with Crippen LogP contribution in [-0.4, -0.2) is 35.1 Å². The molecule has 0 saturated carbocycles. The fraction of sp³-hybridized carbons (Fsp3) is 0.455. The summed E-state index contributed by atoms with van der Waals surface area (Å²) >= 11 is 0. The Hall–Kier alpha value is -1.36. The topological polar surface area (TPSA) is 43.7 Å². The van der Waals surface area contributed by atoms with Crippen molar-refractivity contribution in [3.8, 4) is 11.5 Å². The number of rotatable bonds is 4. The minimum Gasteiger partial charge on any atom is -0.508 e. The maximum absolute atomic E-state index is 12.2. The lowest BCUT2D eigenvalue weighted by Gasteiger charge is -2.24. The van der Waals surface area contributed by atoms with Gasteiger partial charge in [0.05, 0.1) is 6.54 Å². The van der Waals surface area contributed by atoms with Crippen molar-refractivity contribution in [2.45, 2.75) is 19.4 Å². The van der Waals surface area contributed by atoms with Crippen LogP contribution in [0.25, 0.3) is 0 Å². The van der Waals surface area contributed by atoms with Crippen LogP contribution in [0.3, 0.4) is 0 Å². The lowest BCUT2D eigenvalue weighted by atomic mass is 10.1. The van der Waals surface area contributed by atoms with E-state index < -0.39 is 6.43 Å². The van der Waals surface area contributed by atoms with E-state index in [9.17, 15) is 19.0 Å². The Labute approximate surface area is 92.9 Å². The van der Waals surface area contributed by atoms with Crippen molar-refractivity contribution in [1.82, 2.24) is 4.90 Å². The van der Waals surface area contributed by atoms with Crippen LogP contribution in [0, 0.1) is 0 Å². The monoisotopic (exact) mass is 231 g/mol. The standard InChI is InChI=1S/C11H15F2NO2/c1-7(14(2)6-11(12)13)8-3-9(15)5-10(16)4-8/h3-5,7,11,15-16H,6H2,1-2H3. The summed E-state index contributed by atoms with van der Waals surface area (Å²) in [4.78, 5) is 1.46. The zero-order valence-electron chi connectivity index (χ0n) is 9.19. The Morgan fingerprint density at radius 1 is 1.19 bits per heavy atom. The van der Waals surface area contributed by atoms with Gasteiger partial charge in [-0.3, -0.25) is 4.90 Å². The average Bonchev–Trinajstić information content (AvgIpc) is 2.13. The van der Waals surface area contributed by atoms with E-state index in [1.54, 1.807) is 14.0 Å². The van der Waals surface area contributed by atoms with E-state index in [0.717, 1.165) is 0 Å². The van der Waals surface area contributed by atoms with Gasteiger partial charge in [0.2, 0.25) is 0 Å². The highest BCUT2D eigenvalue weighted by molar-refractivity contribution is 5.37. The molecule has 0 aliphatic carbocycles. The molecule has 0 radical (unpaired) electrons. The van der Waals surface area contributed by atoms with Gasteiger partial charge in [-0.1, -0.05) is 0 Å². The first kappa shape index (κ1) is 12.7. The smallest absolute Gasteiger partial charge is 0.251 e. The fourth-order valence-corrected chi connectivity index (χ4v) is 1.49. The summed E-state index contributed by atoms with van der Waals surface area (Å²) in [6.45, 7) is 1.38. The SMILES string of the molecule is CC(c1cc(O)cc(O)c1)N(C)CC(F)F. The second-order valence-electron chi connectivity index (χ2n) is 3.79. The van der Waals surface area contributed by atoms with Crippen molar-refractivity contribution in [1.29, 1.82) is 0 Å². The predicted molar refractivity (Wildman–Crippen MR) is 56.8 cm³/mol. The Balaban J connectivity index is 2.82.